The number of hydrogen-bond acceptors (Lipinski definition) is 4. The van der Waals surface area contributed by atoms with Gasteiger partial charge in [0.1, 0.15) is 5.54 Å². The van der Waals surface area contributed by atoms with Crippen molar-refractivity contribution in [1.82, 2.24) is 25.9 Å². The lowest BCUT2D eigenvalue weighted by Gasteiger charge is -2.26. The van der Waals surface area contributed by atoms with Crippen molar-refractivity contribution in [3.05, 3.63) is 41.2 Å². The second kappa shape index (κ2) is 6.94. The van der Waals surface area contributed by atoms with E-state index in [9.17, 15) is 4.79 Å². The summed E-state index contributed by atoms with van der Waals surface area (Å²) in [5.41, 5.74) is 2.35. The molecule has 6 nitrogen and oxygen atoms in total. The number of rotatable bonds is 7. The van der Waals surface area contributed by atoms with Crippen molar-refractivity contribution < 1.29 is 4.79 Å². The molecule has 0 radical (unpaired) electrons. The molecule has 0 spiro atoms. The van der Waals surface area contributed by atoms with Crippen LogP contribution in [0.5, 0.6) is 0 Å². The first-order valence-corrected chi connectivity index (χ1v) is 9.39. The van der Waals surface area contributed by atoms with Gasteiger partial charge in [-0.25, -0.2) is 0 Å². The summed E-state index contributed by atoms with van der Waals surface area (Å²) in [7, 11) is 0. The molecule has 2 fully saturated rings. The standard InChI is InChI=1S/C19H25N5O/c25-17(20-19(12-1-2-13-19)18-21-23-24-22-18)5-3-4-14-6-8-15(9-7-14)16-10-11-16/h6-9,16H,1-5,10-13H2,(H,20,25)(H,21,22,23,24). The van der Waals surface area contributed by atoms with Gasteiger partial charge in [0.15, 0.2) is 5.82 Å². The molecule has 2 saturated carbocycles. The predicted molar refractivity (Wildman–Crippen MR) is 93.8 cm³/mol. The van der Waals surface area contributed by atoms with Crippen LogP contribution < -0.4 is 5.32 Å². The summed E-state index contributed by atoms with van der Waals surface area (Å²) in [5.74, 6) is 1.50. The van der Waals surface area contributed by atoms with E-state index >= 15 is 0 Å². The highest BCUT2D eigenvalue weighted by molar-refractivity contribution is 5.77. The van der Waals surface area contributed by atoms with Gasteiger partial charge in [-0.05, 0) is 55.6 Å². The number of aromatic amines is 1. The van der Waals surface area contributed by atoms with Gasteiger partial charge < -0.3 is 5.32 Å². The van der Waals surface area contributed by atoms with Gasteiger partial charge in [0.2, 0.25) is 5.91 Å². The summed E-state index contributed by atoms with van der Waals surface area (Å²) >= 11 is 0. The van der Waals surface area contributed by atoms with E-state index in [4.69, 9.17) is 0 Å². The molecule has 2 aliphatic rings. The molecule has 1 heterocycles. The number of amides is 1. The highest BCUT2D eigenvalue weighted by Gasteiger charge is 2.40. The number of H-pyrrole nitrogens is 1. The van der Waals surface area contributed by atoms with Crippen LogP contribution in [0.2, 0.25) is 0 Å². The molecule has 0 bridgehead atoms. The number of benzene rings is 1. The van der Waals surface area contributed by atoms with Crippen LogP contribution in [0.1, 0.15) is 74.2 Å². The van der Waals surface area contributed by atoms with E-state index in [0.29, 0.717) is 12.2 Å². The van der Waals surface area contributed by atoms with Crippen molar-refractivity contribution in [1.29, 1.82) is 0 Å². The Kier molecular flexibility index (Phi) is 4.51. The smallest absolute Gasteiger partial charge is 0.220 e. The van der Waals surface area contributed by atoms with Gasteiger partial charge in [-0.15, -0.1) is 10.2 Å². The maximum atomic E-state index is 12.4. The minimum atomic E-state index is -0.421. The SMILES string of the molecule is O=C(CCCc1ccc(C2CC2)cc1)NC1(c2nn[nH]n2)CCCC1. The summed E-state index contributed by atoms with van der Waals surface area (Å²) in [6, 6.07) is 8.92. The molecule has 2 aliphatic carbocycles. The Bertz CT molecular complexity index is 700. The minimum Gasteiger partial charge on any atom is -0.343 e. The van der Waals surface area contributed by atoms with Crippen molar-refractivity contribution in [2.24, 2.45) is 0 Å². The zero-order chi connectivity index (χ0) is 17.1. The molecule has 1 aromatic carbocycles. The van der Waals surface area contributed by atoms with Crippen LogP contribution in [-0.4, -0.2) is 26.5 Å². The van der Waals surface area contributed by atoms with Gasteiger partial charge in [-0.3, -0.25) is 4.79 Å². The Morgan fingerprint density at radius 2 is 1.96 bits per heavy atom. The first kappa shape index (κ1) is 16.2. The van der Waals surface area contributed by atoms with Crippen LogP contribution in [-0.2, 0) is 16.8 Å². The molecule has 25 heavy (non-hydrogen) atoms. The molecular weight excluding hydrogens is 314 g/mol. The fourth-order valence-electron chi connectivity index (χ4n) is 3.90. The van der Waals surface area contributed by atoms with E-state index in [1.54, 1.807) is 0 Å². The molecular formula is C19H25N5O. The highest BCUT2D eigenvalue weighted by atomic mass is 16.1. The molecule has 0 aliphatic heterocycles. The monoisotopic (exact) mass is 339 g/mol. The number of tetrazole rings is 1. The lowest BCUT2D eigenvalue weighted by atomic mass is 9.96. The Morgan fingerprint density at radius 1 is 1.20 bits per heavy atom. The maximum Gasteiger partial charge on any atom is 0.220 e. The second-order valence-electron chi connectivity index (χ2n) is 7.44. The predicted octanol–water partition coefficient (Wildman–Crippen LogP) is 2.99. The summed E-state index contributed by atoms with van der Waals surface area (Å²) in [6.07, 6.45) is 8.95. The second-order valence-corrected chi connectivity index (χ2v) is 7.44. The molecule has 6 heteroatoms. The van der Waals surface area contributed by atoms with Gasteiger partial charge in [-0.2, -0.15) is 5.21 Å². The maximum absolute atomic E-state index is 12.4. The summed E-state index contributed by atoms with van der Waals surface area (Å²) < 4.78 is 0. The molecule has 0 unspecified atom stereocenters. The van der Waals surface area contributed by atoms with E-state index in [1.807, 2.05) is 0 Å². The molecule has 1 aromatic heterocycles. The number of nitrogens with one attached hydrogen (secondary N) is 2. The number of nitrogens with zero attached hydrogens (tertiary/aromatic N) is 3. The fourth-order valence-corrected chi connectivity index (χ4v) is 3.90. The van der Waals surface area contributed by atoms with E-state index in [-0.39, 0.29) is 5.91 Å². The Labute approximate surface area is 147 Å². The third kappa shape index (κ3) is 3.72. The quantitative estimate of drug-likeness (QED) is 0.812. The third-order valence-corrected chi connectivity index (χ3v) is 5.51. The Hall–Kier alpha value is -2.24. The zero-order valence-electron chi connectivity index (χ0n) is 14.5. The largest absolute Gasteiger partial charge is 0.343 e. The molecule has 132 valence electrons. The topological polar surface area (TPSA) is 83.6 Å². The first-order valence-electron chi connectivity index (χ1n) is 9.39. The third-order valence-electron chi connectivity index (χ3n) is 5.51. The Morgan fingerprint density at radius 3 is 2.60 bits per heavy atom. The lowest BCUT2D eigenvalue weighted by molar-refractivity contribution is -0.123. The number of carbonyl (C=O) groups excluding carboxylic acids is 1. The van der Waals surface area contributed by atoms with E-state index in [2.05, 4.69) is 50.2 Å². The molecule has 2 N–H and O–H groups in total. The number of aromatic nitrogens is 4. The molecule has 0 saturated heterocycles. The van der Waals surface area contributed by atoms with E-state index in [1.165, 1.54) is 24.0 Å². The van der Waals surface area contributed by atoms with Gasteiger partial charge in [-0.1, -0.05) is 42.3 Å². The normalized spacial score (nSPS) is 19.0. The van der Waals surface area contributed by atoms with Crippen molar-refractivity contribution in [3.8, 4) is 0 Å². The minimum absolute atomic E-state index is 0.0845. The average molecular weight is 339 g/mol. The van der Waals surface area contributed by atoms with E-state index in [0.717, 1.165) is 44.4 Å². The van der Waals surface area contributed by atoms with Crippen LogP contribution in [0.4, 0.5) is 0 Å². The molecule has 2 aromatic rings. The van der Waals surface area contributed by atoms with Crippen molar-refractivity contribution in [2.45, 2.75) is 69.2 Å². The van der Waals surface area contributed by atoms with Crippen LogP contribution >= 0.6 is 0 Å². The van der Waals surface area contributed by atoms with E-state index < -0.39 is 5.54 Å². The van der Waals surface area contributed by atoms with Gasteiger partial charge in [0.05, 0.1) is 0 Å². The Balaban J connectivity index is 1.28. The molecule has 0 atom stereocenters. The van der Waals surface area contributed by atoms with Crippen molar-refractivity contribution >= 4 is 5.91 Å². The summed E-state index contributed by atoms with van der Waals surface area (Å²) in [5, 5.41) is 17.6. The first-order chi connectivity index (χ1) is 12.3. The van der Waals surface area contributed by atoms with Crippen molar-refractivity contribution in [3.63, 3.8) is 0 Å². The number of aryl methyl sites for hydroxylation is 1. The summed E-state index contributed by atoms with van der Waals surface area (Å²) in [4.78, 5) is 12.4. The van der Waals surface area contributed by atoms with Crippen LogP contribution in [0.3, 0.4) is 0 Å². The fraction of sp³-hybridized carbons (Fsp3) is 0.579. The number of carbonyl (C=O) groups is 1. The van der Waals surface area contributed by atoms with Crippen LogP contribution in [0, 0.1) is 0 Å². The van der Waals surface area contributed by atoms with Crippen LogP contribution in [0.25, 0.3) is 0 Å². The lowest BCUT2D eigenvalue weighted by Crippen LogP contribution is -2.44. The zero-order valence-corrected chi connectivity index (χ0v) is 14.5. The van der Waals surface area contributed by atoms with Gasteiger partial charge in [0.25, 0.3) is 0 Å². The number of hydrogen-bond donors (Lipinski definition) is 2. The van der Waals surface area contributed by atoms with Gasteiger partial charge in [0, 0.05) is 6.42 Å². The average Bonchev–Trinajstić information content (AvgIpc) is 3.11. The molecule has 1 amide bonds. The van der Waals surface area contributed by atoms with Crippen LogP contribution in [0.15, 0.2) is 24.3 Å². The summed E-state index contributed by atoms with van der Waals surface area (Å²) in [6.45, 7) is 0. The highest BCUT2D eigenvalue weighted by Crippen LogP contribution is 2.40. The molecule has 4 rings (SSSR count). The van der Waals surface area contributed by atoms with Gasteiger partial charge >= 0.3 is 0 Å². The van der Waals surface area contributed by atoms with Crippen molar-refractivity contribution in [2.75, 3.05) is 0 Å².